The standard InChI is InChI=1S/C13H17ClN4O4S/c14-9-1-3-10(4-2-9)23(21,22)17-8-7-16-13(20)18-11-5-6-15-12(11)19/h1-4,11,17H,5-8H2,(H,15,19)(H2,16,18,20)/t11-/m1/s1. The van der Waals surface area contributed by atoms with Gasteiger partial charge >= 0.3 is 6.03 Å². The topological polar surface area (TPSA) is 116 Å². The zero-order chi connectivity index (χ0) is 16.9. The lowest BCUT2D eigenvalue weighted by atomic mass is 10.2. The molecule has 1 aromatic rings. The first-order chi connectivity index (χ1) is 10.9. The first-order valence-electron chi connectivity index (χ1n) is 6.96. The lowest BCUT2D eigenvalue weighted by Gasteiger charge is -2.12. The molecule has 1 aliphatic rings. The highest BCUT2D eigenvalue weighted by molar-refractivity contribution is 7.89. The molecule has 0 radical (unpaired) electrons. The van der Waals surface area contributed by atoms with E-state index in [0.29, 0.717) is 18.0 Å². The Hall–Kier alpha value is -1.84. The molecule has 0 aliphatic carbocycles. The Morgan fingerprint density at radius 1 is 1.26 bits per heavy atom. The summed E-state index contributed by atoms with van der Waals surface area (Å²) in [7, 11) is -3.65. The molecule has 1 saturated heterocycles. The van der Waals surface area contributed by atoms with E-state index in [4.69, 9.17) is 11.6 Å². The second kappa shape index (κ2) is 7.62. The van der Waals surface area contributed by atoms with Crippen LogP contribution in [0.5, 0.6) is 0 Å². The van der Waals surface area contributed by atoms with Crippen LogP contribution < -0.4 is 20.7 Å². The van der Waals surface area contributed by atoms with E-state index in [-0.39, 0.29) is 23.9 Å². The molecule has 2 rings (SSSR count). The second-order valence-electron chi connectivity index (χ2n) is 4.88. The summed E-state index contributed by atoms with van der Waals surface area (Å²) >= 11 is 5.71. The van der Waals surface area contributed by atoms with E-state index >= 15 is 0 Å². The minimum Gasteiger partial charge on any atom is -0.354 e. The third kappa shape index (κ3) is 5.08. The summed E-state index contributed by atoms with van der Waals surface area (Å²) in [4.78, 5) is 23.0. The molecule has 1 atom stereocenters. The highest BCUT2D eigenvalue weighted by Gasteiger charge is 2.25. The molecule has 8 nitrogen and oxygen atoms in total. The van der Waals surface area contributed by atoms with Crippen molar-refractivity contribution in [2.45, 2.75) is 17.4 Å². The maximum Gasteiger partial charge on any atom is 0.315 e. The maximum atomic E-state index is 12.0. The summed E-state index contributed by atoms with van der Waals surface area (Å²) in [5.74, 6) is -0.219. The van der Waals surface area contributed by atoms with E-state index < -0.39 is 22.1 Å². The first kappa shape index (κ1) is 17.5. The second-order valence-corrected chi connectivity index (χ2v) is 7.09. The van der Waals surface area contributed by atoms with Gasteiger partial charge in [0.15, 0.2) is 0 Å². The number of carbonyl (C=O) groups excluding carboxylic acids is 2. The van der Waals surface area contributed by atoms with Gasteiger partial charge in [0.05, 0.1) is 4.90 Å². The molecule has 126 valence electrons. The third-order valence-electron chi connectivity index (χ3n) is 3.18. The van der Waals surface area contributed by atoms with Crippen molar-refractivity contribution < 1.29 is 18.0 Å². The fourth-order valence-electron chi connectivity index (χ4n) is 2.00. The maximum absolute atomic E-state index is 12.0. The van der Waals surface area contributed by atoms with Crippen LogP contribution >= 0.6 is 11.6 Å². The molecular weight excluding hydrogens is 344 g/mol. The molecule has 23 heavy (non-hydrogen) atoms. The summed E-state index contributed by atoms with van der Waals surface area (Å²) in [6.45, 7) is 0.646. The van der Waals surface area contributed by atoms with E-state index in [1.54, 1.807) is 0 Å². The van der Waals surface area contributed by atoms with Crippen molar-refractivity contribution in [3.8, 4) is 0 Å². The predicted octanol–water partition coefficient (Wildman–Crippen LogP) is -0.194. The number of amides is 3. The van der Waals surface area contributed by atoms with E-state index in [2.05, 4.69) is 20.7 Å². The van der Waals surface area contributed by atoms with Gasteiger partial charge in [-0.15, -0.1) is 0 Å². The molecule has 0 saturated carbocycles. The quantitative estimate of drug-likeness (QED) is 0.526. The van der Waals surface area contributed by atoms with Crippen molar-refractivity contribution in [1.29, 1.82) is 0 Å². The molecule has 10 heteroatoms. The Labute approximate surface area is 139 Å². The van der Waals surface area contributed by atoms with E-state index in [0.717, 1.165) is 0 Å². The van der Waals surface area contributed by atoms with Crippen molar-refractivity contribution in [2.24, 2.45) is 0 Å². The SMILES string of the molecule is O=C(NCCNS(=O)(=O)c1ccc(Cl)cc1)N[C@@H]1CCNC1=O. The molecule has 0 unspecified atom stereocenters. The van der Waals surface area contributed by atoms with Crippen LogP contribution in [0.25, 0.3) is 0 Å². The number of hydrogen-bond donors (Lipinski definition) is 4. The molecule has 0 bridgehead atoms. The lowest BCUT2D eigenvalue weighted by molar-refractivity contribution is -0.120. The fraction of sp³-hybridized carbons (Fsp3) is 0.385. The normalized spacial score (nSPS) is 17.6. The predicted molar refractivity (Wildman–Crippen MR) is 84.6 cm³/mol. The number of rotatable bonds is 6. The van der Waals surface area contributed by atoms with Crippen LogP contribution in [-0.4, -0.2) is 46.0 Å². The molecule has 0 aromatic heterocycles. The molecule has 0 spiro atoms. The number of sulfonamides is 1. The Kier molecular flexibility index (Phi) is 5.80. The van der Waals surface area contributed by atoms with Crippen LogP contribution in [-0.2, 0) is 14.8 Å². The third-order valence-corrected chi connectivity index (χ3v) is 4.91. The number of hydrogen-bond acceptors (Lipinski definition) is 4. The Morgan fingerprint density at radius 3 is 2.57 bits per heavy atom. The molecule has 1 aromatic carbocycles. The van der Waals surface area contributed by atoms with Gasteiger partial charge in [0.25, 0.3) is 0 Å². The van der Waals surface area contributed by atoms with Gasteiger partial charge in [-0.25, -0.2) is 17.9 Å². The van der Waals surface area contributed by atoms with Crippen molar-refractivity contribution in [3.63, 3.8) is 0 Å². The van der Waals surface area contributed by atoms with Crippen molar-refractivity contribution >= 4 is 33.6 Å². The lowest BCUT2D eigenvalue weighted by Crippen LogP contribution is -2.47. The summed E-state index contributed by atoms with van der Waals surface area (Å²) in [6, 6.07) is 4.69. The van der Waals surface area contributed by atoms with Crippen LogP contribution in [0.4, 0.5) is 4.79 Å². The Morgan fingerprint density at radius 2 is 1.96 bits per heavy atom. The minimum absolute atomic E-state index is 0.0231. The minimum atomic E-state index is -3.65. The molecule has 1 heterocycles. The van der Waals surface area contributed by atoms with Gasteiger partial charge in [0.2, 0.25) is 15.9 Å². The van der Waals surface area contributed by atoms with Gasteiger partial charge in [-0.3, -0.25) is 4.79 Å². The van der Waals surface area contributed by atoms with E-state index in [1.807, 2.05) is 0 Å². The Balaban J connectivity index is 1.73. The Bertz CT molecular complexity index is 678. The van der Waals surface area contributed by atoms with Gasteiger partial charge in [-0.2, -0.15) is 0 Å². The molecule has 1 aliphatic heterocycles. The zero-order valence-electron chi connectivity index (χ0n) is 12.1. The number of carbonyl (C=O) groups is 2. The highest BCUT2D eigenvalue weighted by atomic mass is 35.5. The number of nitrogens with one attached hydrogen (secondary N) is 4. The molecule has 3 amide bonds. The average Bonchev–Trinajstić information content (AvgIpc) is 2.89. The fourth-order valence-corrected chi connectivity index (χ4v) is 3.16. The number of benzene rings is 1. The van der Waals surface area contributed by atoms with Crippen LogP contribution in [0.1, 0.15) is 6.42 Å². The number of halogens is 1. The first-order valence-corrected chi connectivity index (χ1v) is 8.82. The largest absolute Gasteiger partial charge is 0.354 e. The summed E-state index contributed by atoms with van der Waals surface area (Å²) in [6.07, 6.45) is 0.537. The summed E-state index contributed by atoms with van der Waals surface area (Å²) < 4.78 is 26.3. The van der Waals surface area contributed by atoms with E-state index in [9.17, 15) is 18.0 Å². The van der Waals surface area contributed by atoms with Gasteiger partial charge in [-0.1, -0.05) is 11.6 Å². The van der Waals surface area contributed by atoms with Crippen molar-refractivity contribution in [1.82, 2.24) is 20.7 Å². The van der Waals surface area contributed by atoms with Crippen molar-refractivity contribution in [3.05, 3.63) is 29.3 Å². The number of urea groups is 1. The monoisotopic (exact) mass is 360 g/mol. The van der Waals surface area contributed by atoms with Gasteiger partial charge in [0.1, 0.15) is 6.04 Å². The van der Waals surface area contributed by atoms with Gasteiger partial charge < -0.3 is 16.0 Å². The van der Waals surface area contributed by atoms with Crippen LogP contribution in [0, 0.1) is 0 Å². The van der Waals surface area contributed by atoms with Crippen LogP contribution in [0.3, 0.4) is 0 Å². The van der Waals surface area contributed by atoms with Crippen LogP contribution in [0.2, 0.25) is 5.02 Å². The molecule has 1 fully saturated rings. The van der Waals surface area contributed by atoms with Crippen LogP contribution in [0.15, 0.2) is 29.2 Å². The van der Waals surface area contributed by atoms with Crippen molar-refractivity contribution in [2.75, 3.05) is 19.6 Å². The molecule has 4 N–H and O–H groups in total. The molecular formula is C13H17ClN4O4S. The summed E-state index contributed by atoms with van der Waals surface area (Å²) in [5, 5.41) is 8.04. The van der Waals surface area contributed by atoms with Gasteiger partial charge in [0, 0.05) is 24.7 Å². The summed E-state index contributed by atoms with van der Waals surface area (Å²) in [5.41, 5.74) is 0. The highest BCUT2D eigenvalue weighted by Crippen LogP contribution is 2.13. The smallest absolute Gasteiger partial charge is 0.315 e. The average molecular weight is 361 g/mol. The van der Waals surface area contributed by atoms with Gasteiger partial charge in [-0.05, 0) is 30.7 Å². The van der Waals surface area contributed by atoms with E-state index in [1.165, 1.54) is 24.3 Å². The zero-order valence-corrected chi connectivity index (χ0v) is 13.7.